The summed E-state index contributed by atoms with van der Waals surface area (Å²) in [6, 6.07) is 6.36. The van der Waals surface area contributed by atoms with Gasteiger partial charge in [-0.25, -0.2) is 21.9 Å². The van der Waals surface area contributed by atoms with Crippen molar-refractivity contribution in [2.75, 3.05) is 20.6 Å². The second-order valence-corrected chi connectivity index (χ2v) is 8.45. The number of rotatable bonds is 8. The zero-order valence-electron chi connectivity index (χ0n) is 15.9. The van der Waals surface area contributed by atoms with Crippen LogP contribution in [-0.2, 0) is 23.0 Å². The summed E-state index contributed by atoms with van der Waals surface area (Å²) in [5.74, 6) is -1.88. The number of nitrogens with two attached hydrogens (primary N) is 1. The van der Waals surface area contributed by atoms with Gasteiger partial charge in [0.2, 0.25) is 10.0 Å². The van der Waals surface area contributed by atoms with Crippen LogP contribution in [-0.4, -0.2) is 54.2 Å². The number of carboxylic acid groups (broad SMARTS) is 1. The van der Waals surface area contributed by atoms with Gasteiger partial charge in [-0.1, -0.05) is 18.2 Å². The lowest BCUT2D eigenvalue weighted by atomic mass is 10.0. The maximum atomic E-state index is 13.9. The number of hydrogen-bond acceptors (Lipinski definition) is 5. The van der Waals surface area contributed by atoms with E-state index in [4.69, 9.17) is 5.73 Å². The van der Waals surface area contributed by atoms with Crippen molar-refractivity contribution in [3.8, 4) is 0 Å². The van der Waals surface area contributed by atoms with E-state index in [-0.39, 0.29) is 30.1 Å². The van der Waals surface area contributed by atoms with Crippen LogP contribution in [0.4, 0.5) is 4.39 Å². The molecule has 0 spiro atoms. The predicted octanol–water partition coefficient (Wildman–Crippen LogP) is 1.54. The standard InChI is InChI=1S/C18H23FN4O4S/c1-12-15(17(18(24)25)23(21-12)11-14(19)8-9-20)10-13-6-4-5-7-16(13)28(26,27)22(2)3/h4-8H,9-11,20H2,1-3H3,(H,24,25)/b14-8-. The van der Waals surface area contributed by atoms with Gasteiger partial charge in [-0.3, -0.25) is 4.68 Å². The smallest absolute Gasteiger partial charge is 0.354 e. The number of carboxylic acids is 1. The molecule has 10 heteroatoms. The van der Waals surface area contributed by atoms with E-state index in [0.29, 0.717) is 16.8 Å². The van der Waals surface area contributed by atoms with Gasteiger partial charge in [-0.2, -0.15) is 5.10 Å². The average molecular weight is 410 g/mol. The van der Waals surface area contributed by atoms with Crippen LogP contribution < -0.4 is 5.73 Å². The summed E-state index contributed by atoms with van der Waals surface area (Å²) >= 11 is 0. The highest BCUT2D eigenvalue weighted by molar-refractivity contribution is 7.89. The molecule has 0 radical (unpaired) electrons. The molecule has 0 atom stereocenters. The second-order valence-electron chi connectivity index (χ2n) is 6.33. The summed E-state index contributed by atoms with van der Waals surface area (Å²) in [6.07, 6.45) is 1.17. The number of carbonyl (C=O) groups is 1. The fraction of sp³-hybridized carbons (Fsp3) is 0.333. The number of hydrogen-bond donors (Lipinski definition) is 2. The minimum atomic E-state index is -3.72. The van der Waals surface area contributed by atoms with Gasteiger partial charge >= 0.3 is 5.97 Å². The van der Waals surface area contributed by atoms with E-state index in [9.17, 15) is 22.7 Å². The summed E-state index contributed by atoms with van der Waals surface area (Å²) in [5, 5.41) is 13.8. The van der Waals surface area contributed by atoms with Gasteiger partial charge in [0.1, 0.15) is 5.83 Å². The summed E-state index contributed by atoms with van der Waals surface area (Å²) in [7, 11) is -0.875. The van der Waals surface area contributed by atoms with Crippen LogP contribution in [0.25, 0.3) is 0 Å². The third kappa shape index (κ3) is 4.46. The number of halogens is 1. The quantitative estimate of drug-likeness (QED) is 0.681. The van der Waals surface area contributed by atoms with E-state index in [1.807, 2.05) is 0 Å². The lowest BCUT2D eigenvalue weighted by molar-refractivity contribution is 0.0682. The molecule has 0 bridgehead atoms. The lowest BCUT2D eigenvalue weighted by Crippen LogP contribution is -2.23. The van der Waals surface area contributed by atoms with Crippen molar-refractivity contribution >= 4 is 16.0 Å². The molecular weight excluding hydrogens is 387 g/mol. The Kier molecular flexibility index (Phi) is 6.70. The minimum absolute atomic E-state index is 0.0167. The van der Waals surface area contributed by atoms with Crippen LogP contribution in [0.5, 0.6) is 0 Å². The van der Waals surface area contributed by atoms with E-state index < -0.39 is 21.8 Å². The van der Waals surface area contributed by atoms with Crippen LogP contribution in [0.2, 0.25) is 0 Å². The Hall–Kier alpha value is -2.56. The molecule has 8 nitrogen and oxygen atoms in total. The minimum Gasteiger partial charge on any atom is -0.477 e. The summed E-state index contributed by atoms with van der Waals surface area (Å²) in [5.41, 5.74) is 6.23. The number of sulfonamides is 1. The zero-order valence-corrected chi connectivity index (χ0v) is 16.7. The number of nitrogens with zero attached hydrogens (tertiary/aromatic N) is 3. The Labute approximate surface area is 163 Å². The number of aromatic carboxylic acids is 1. The third-order valence-corrected chi connectivity index (χ3v) is 6.11. The summed E-state index contributed by atoms with van der Waals surface area (Å²) < 4.78 is 41.2. The van der Waals surface area contributed by atoms with Crippen LogP contribution in [0, 0.1) is 6.92 Å². The van der Waals surface area contributed by atoms with Crippen molar-refractivity contribution in [1.29, 1.82) is 0 Å². The van der Waals surface area contributed by atoms with Crippen LogP contribution >= 0.6 is 0 Å². The molecule has 0 aliphatic rings. The van der Waals surface area contributed by atoms with Crippen molar-refractivity contribution in [3.05, 3.63) is 58.7 Å². The van der Waals surface area contributed by atoms with Crippen molar-refractivity contribution in [2.24, 2.45) is 5.73 Å². The summed E-state index contributed by atoms with van der Waals surface area (Å²) in [4.78, 5) is 11.9. The molecule has 3 N–H and O–H groups in total. The van der Waals surface area contributed by atoms with E-state index >= 15 is 0 Å². The first kappa shape index (κ1) is 21.7. The molecule has 0 fully saturated rings. The van der Waals surface area contributed by atoms with Gasteiger partial charge in [-0.05, 0) is 24.6 Å². The van der Waals surface area contributed by atoms with E-state index in [2.05, 4.69) is 5.10 Å². The van der Waals surface area contributed by atoms with Crippen LogP contribution in [0.1, 0.15) is 27.3 Å². The first-order valence-electron chi connectivity index (χ1n) is 8.44. The number of benzene rings is 1. The van der Waals surface area contributed by atoms with Gasteiger partial charge in [0, 0.05) is 32.6 Å². The van der Waals surface area contributed by atoms with Crippen LogP contribution in [0.3, 0.4) is 0 Å². The second kappa shape index (κ2) is 8.63. The Morgan fingerprint density at radius 3 is 2.57 bits per heavy atom. The van der Waals surface area contributed by atoms with Crippen LogP contribution in [0.15, 0.2) is 41.1 Å². The topological polar surface area (TPSA) is 119 Å². The fourth-order valence-electron chi connectivity index (χ4n) is 2.81. The highest BCUT2D eigenvalue weighted by Crippen LogP contribution is 2.25. The number of aryl methyl sites for hydroxylation is 1. The van der Waals surface area contributed by atoms with Gasteiger partial charge in [0.15, 0.2) is 5.69 Å². The molecule has 1 aromatic carbocycles. The van der Waals surface area contributed by atoms with Gasteiger partial charge < -0.3 is 10.8 Å². The first-order chi connectivity index (χ1) is 13.1. The van der Waals surface area contributed by atoms with Crippen molar-refractivity contribution in [3.63, 3.8) is 0 Å². The van der Waals surface area contributed by atoms with E-state index in [1.54, 1.807) is 25.1 Å². The van der Waals surface area contributed by atoms with Crippen molar-refractivity contribution in [1.82, 2.24) is 14.1 Å². The lowest BCUT2D eigenvalue weighted by Gasteiger charge is -2.15. The normalized spacial score (nSPS) is 12.6. The highest BCUT2D eigenvalue weighted by Gasteiger charge is 2.26. The molecule has 1 aromatic heterocycles. The SMILES string of the molecule is Cc1nn(C/C(F)=C/CN)c(C(=O)O)c1Cc1ccccc1S(=O)(=O)N(C)C. The molecule has 152 valence electrons. The molecule has 0 aliphatic carbocycles. The van der Waals surface area contributed by atoms with E-state index in [1.165, 1.54) is 20.2 Å². The molecular formula is C18H23FN4O4S. The molecule has 0 amide bonds. The maximum Gasteiger partial charge on any atom is 0.354 e. The fourth-order valence-corrected chi connectivity index (χ4v) is 3.92. The Morgan fingerprint density at radius 1 is 1.36 bits per heavy atom. The molecule has 28 heavy (non-hydrogen) atoms. The van der Waals surface area contributed by atoms with Crippen molar-refractivity contribution < 1.29 is 22.7 Å². The van der Waals surface area contributed by atoms with Gasteiger partial charge in [-0.15, -0.1) is 0 Å². The predicted molar refractivity (Wildman–Crippen MR) is 102 cm³/mol. The molecule has 1 heterocycles. The largest absolute Gasteiger partial charge is 0.477 e. The molecule has 2 rings (SSSR count). The Balaban J connectivity index is 2.56. The van der Waals surface area contributed by atoms with Gasteiger partial charge in [0.25, 0.3) is 0 Å². The zero-order chi connectivity index (χ0) is 21.1. The molecule has 2 aromatic rings. The highest BCUT2D eigenvalue weighted by atomic mass is 32.2. The molecule has 0 aliphatic heterocycles. The van der Waals surface area contributed by atoms with Gasteiger partial charge in [0.05, 0.1) is 17.1 Å². The number of aromatic nitrogens is 2. The maximum absolute atomic E-state index is 13.9. The summed E-state index contributed by atoms with van der Waals surface area (Å²) in [6.45, 7) is 1.22. The molecule has 0 saturated heterocycles. The Morgan fingerprint density at radius 2 is 2.00 bits per heavy atom. The molecule has 0 unspecified atom stereocenters. The van der Waals surface area contributed by atoms with Crippen molar-refractivity contribution in [2.45, 2.75) is 24.8 Å². The monoisotopic (exact) mass is 410 g/mol. The average Bonchev–Trinajstić information content (AvgIpc) is 2.90. The first-order valence-corrected chi connectivity index (χ1v) is 9.88. The molecule has 0 saturated carbocycles. The third-order valence-electron chi connectivity index (χ3n) is 4.19. The Bertz CT molecular complexity index is 1010. The number of allylic oxidation sites excluding steroid dienone is 1. The van der Waals surface area contributed by atoms with E-state index in [0.717, 1.165) is 15.1 Å².